The maximum Gasteiger partial charge on any atom is 0.151 e. The Morgan fingerprint density at radius 3 is 2.59 bits per heavy atom. The summed E-state index contributed by atoms with van der Waals surface area (Å²) in [5, 5.41) is 0. The van der Waals surface area contributed by atoms with Crippen molar-refractivity contribution in [1.29, 1.82) is 0 Å². The summed E-state index contributed by atoms with van der Waals surface area (Å²) >= 11 is 0. The summed E-state index contributed by atoms with van der Waals surface area (Å²) < 4.78 is 22.7. The van der Waals surface area contributed by atoms with E-state index in [9.17, 15) is 8.42 Å². The van der Waals surface area contributed by atoms with Crippen molar-refractivity contribution < 1.29 is 8.42 Å². The van der Waals surface area contributed by atoms with Crippen LogP contribution in [0, 0.1) is 0 Å². The zero-order valence-electron chi connectivity index (χ0n) is 9.83. The Balaban J connectivity index is 2.08. The van der Waals surface area contributed by atoms with Crippen LogP contribution >= 0.6 is 0 Å². The molecule has 2 N–H and O–H groups in total. The van der Waals surface area contributed by atoms with Crippen LogP contribution in [0.3, 0.4) is 0 Å². The van der Waals surface area contributed by atoms with Crippen molar-refractivity contribution in [3.05, 3.63) is 23.8 Å². The van der Waals surface area contributed by atoms with Crippen molar-refractivity contribution in [3.63, 3.8) is 0 Å². The standard InChI is InChI=1S/C11H17N3O2S/c1-8(12)4-9-5-13-11(14-6-9)10-2-3-17(15,16)7-10/h5-6,8,10H,2-4,7,12H2,1H3. The van der Waals surface area contributed by atoms with Crippen LogP contribution in [0.4, 0.5) is 0 Å². The molecule has 0 aliphatic carbocycles. The van der Waals surface area contributed by atoms with E-state index in [1.165, 1.54) is 0 Å². The van der Waals surface area contributed by atoms with Gasteiger partial charge in [0.2, 0.25) is 0 Å². The first-order valence-corrected chi connectivity index (χ1v) is 7.55. The molecule has 2 rings (SSSR count). The smallest absolute Gasteiger partial charge is 0.151 e. The number of aromatic nitrogens is 2. The Kier molecular flexibility index (Phi) is 3.44. The number of hydrogen-bond donors (Lipinski definition) is 1. The van der Waals surface area contributed by atoms with Crippen molar-refractivity contribution in [2.24, 2.45) is 5.73 Å². The monoisotopic (exact) mass is 255 g/mol. The molecule has 2 atom stereocenters. The molecule has 1 aromatic heterocycles. The van der Waals surface area contributed by atoms with Crippen molar-refractivity contribution in [1.82, 2.24) is 9.97 Å². The molecule has 1 aromatic rings. The first kappa shape index (κ1) is 12.4. The molecule has 6 heteroatoms. The Labute approximate surface area is 101 Å². The minimum absolute atomic E-state index is 0.0376. The summed E-state index contributed by atoms with van der Waals surface area (Å²) in [4.78, 5) is 8.50. The third-order valence-corrected chi connectivity index (χ3v) is 4.65. The fraction of sp³-hybridized carbons (Fsp3) is 0.636. The molecule has 2 unspecified atom stereocenters. The van der Waals surface area contributed by atoms with E-state index in [2.05, 4.69) is 9.97 Å². The molecule has 1 aliphatic rings. The molecule has 2 heterocycles. The van der Waals surface area contributed by atoms with Crippen molar-refractivity contribution in [2.75, 3.05) is 11.5 Å². The van der Waals surface area contributed by atoms with Gasteiger partial charge < -0.3 is 5.73 Å². The van der Waals surface area contributed by atoms with Gasteiger partial charge in [-0.2, -0.15) is 0 Å². The van der Waals surface area contributed by atoms with Crippen LogP contribution in [0.5, 0.6) is 0 Å². The summed E-state index contributed by atoms with van der Waals surface area (Å²) in [6.45, 7) is 1.93. The second kappa shape index (κ2) is 4.70. The average molecular weight is 255 g/mol. The normalized spacial score (nSPS) is 24.7. The summed E-state index contributed by atoms with van der Waals surface area (Å²) in [6, 6.07) is 0.0799. The van der Waals surface area contributed by atoms with E-state index in [1.54, 1.807) is 12.4 Å². The van der Waals surface area contributed by atoms with Crippen LogP contribution in [0.1, 0.15) is 30.7 Å². The second-order valence-electron chi connectivity index (χ2n) is 4.73. The summed E-state index contributed by atoms with van der Waals surface area (Å²) in [5.41, 5.74) is 6.68. The van der Waals surface area contributed by atoms with Gasteiger partial charge in [-0.3, -0.25) is 0 Å². The van der Waals surface area contributed by atoms with Gasteiger partial charge in [0.15, 0.2) is 9.84 Å². The minimum atomic E-state index is -2.87. The lowest BCUT2D eigenvalue weighted by Crippen LogP contribution is -2.18. The molecule has 0 radical (unpaired) electrons. The lowest BCUT2D eigenvalue weighted by molar-refractivity contribution is 0.601. The van der Waals surface area contributed by atoms with Gasteiger partial charge in [0.05, 0.1) is 11.5 Å². The van der Waals surface area contributed by atoms with Gasteiger partial charge in [0.1, 0.15) is 5.82 Å². The number of hydrogen-bond acceptors (Lipinski definition) is 5. The van der Waals surface area contributed by atoms with Gasteiger partial charge in [-0.1, -0.05) is 0 Å². The largest absolute Gasteiger partial charge is 0.328 e. The Bertz CT molecular complexity index is 482. The maximum atomic E-state index is 11.4. The summed E-state index contributed by atoms with van der Waals surface area (Å²) in [6.07, 6.45) is 4.87. The highest BCUT2D eigenvalue weighted by atomic mass is 32.2. The molecule has 0 saturated carbocycles. The first-order chi connectivity index (χ1) is 7.96. The Morgan fingerprint density at radius 2 is 2.12 bits per heavy atom. The van der Waals surface area contributed by atoms with E-state index in [0.29, 0.717) is 12.2 Å². The molecule has 17 heavy (non-hydrogen) atoms. The van der Waals surface area contributed by atoms with Crippen LogP contribution in [0.15, 0.2) is 12.4 Å². The van der Waals surface area contributed by atoms with Crippen molar-refractivity contribution >= 4 is 9.84 Å². The molecular formula is C11H17N3O2S. The minimum Gasteiger partial charge on any atom is -0.328 e. The van der Waals surface area contributed by atoms with Gasteiger partial charge in [0, 0.05) is 24.4 Å². The van der Waals surface area contributed by atoms with Crippen LogP contribution in [0.25, 0.3) is 0 Å². The van der Waals surface area contributed by atoms with E-state index >= 15 is 0 Å². The first-order valence-electron chi connectivity index (χ1n) is 5.73. The number of sulfone groups is 1. The predicted octanol–water partition coefficient (Wildman–Crippen LogP) is 0.268. The van der Waals surface area contributed by atoms with E-state index in [-0.39, 0.29) is 23.5 Å². The molecule has 94 valence electrons. The molecule has 0 bridgehead atoms. The Hall–Kier alpha value is -1.01. The van der Waals surface area contributed by atoms with Crippen LogP contribution in [-0.2, 0) is 16.3 Å². The maximum absolute atomic E-state index is 11.4. The van der Waals surface area contributed by atoms with E-state index < -0.39 is 9.84 Å². The Morgan fingerprint density at radius 1 is 1.47 bits per heavy atom. The molecular weight excluding hydrogens is 238 g/mol. The molecule has 1 saturated heterocycles. The van der Waals surface area contributed by atoms with Crippen molar-refractivity contribution in [3.8, 4) is 0 Å². The van der Waals surface area contributed by atoms with Gasteiger partial charge >= 0.3 is 0 Å². The van der Waals surface area contributed by atoms with E-state index in [4.69, 9.17) is 5.73 Å². The molecule has 1 fully saturated rings. The third-order valence-electron chi connectivity index (χ3n) is 2.88. The number of nitrogens with zero attached hydrogens (tertiary/aromatic N) is 2. The van der Waals surface area contributed by atoms with Gasteiger partial charge in [0.25, 0.3) is 0 Å². The third kappa shape index (κ3) is 3.23. The topological polar surface area (TPSA) is 85.9 Å². The summed E-state index contributed by atoms with van der Waals surface area (Å²) in [7, 11) is -2.87. The highest BCUT2D eigenvalue weighted by Gasteiger charge is 2.30. The molecule has 0 amide bonds. The number of rotatable bonds is 3. The van der Waals surface area contributed by atoms with Gasteiger partial charge in [-0.15, -0.1) is 0 Å². The lowest BCUT2D eigenvalue weighted by atomic mass is 10.1. The number of nitrogens with two attached hydrogens (primary N) is 1. The van der Waals surface area contributed by atoms with E-state index in [0.717, 1.165) is 12.0 Å². The average Bonchev–Trinajstić information content (AvgIpc) is 2.59. The SMILES string of the molecule is CC(N)Cc1cnc(C2CCS(=O)(=O)C2)nc1. The van der Waals surface area contributed by atoms with E-state index in [1.807, 2.05) is 6.92 Å². The lowest BCUT2D eigenvalue weighted by Gasteiger charge is -2.08. The zero-order valence-corrected chi connectivity index (χ0v) is 10.7. The summed E-state index contributed by atoms with van der Waals surface area (Å²) in [5.74, 6) is 1.03. The molecule has 1 aliphatic heterocycles. The zero-order chi connectivity index (χ0) is 12.5. The molecule has 0 spiro atoms. The van der Waals surface area contributed by atoms with Gasteiger partial charge in [-0.05, 0) is 25.3 Å². The predicted molar refractivity (Wildman–Crippen MR) is 65.4 cm³/mol. The fourth-order valence-corrected chi connectivity index (χ4v) is 3.79. The van der Waals surface area contributed by atoms with Gasteiger partial charge in [-0.25, -0.2) is 18.4 Å². The molecule has 0 aromatic carbocycles. The van der Waals surface area contributed by atoms with Crippen LogP contribution < -0.4 is 5.73 Å². The van der Waals surface area contributed by atoms with Crippen LogP contribution in [0.2, 0.25) is 0 Å². The molecule has 5 nitrogen and oxygen atoms in total. The quantitative estimate of drug-likeness (QED) is 0.837. The van der Waals surface area contributed by atoms with Crippen molar-refractivity contribution in [2.45, 2.75) is 31.7 Å². The fourth-order valence-electron chi connectivity index (χ4n) is 2.05. The highest BCUT2D eigenvalue weighted by Crippen LogP contribution is 2.26. The van der Waals surface area contributed by atoms with Crippen LogP contribution in [-0.4, -0.2) is 35.9 Å². The second-order valence-corrected chi connectivity index (χ2v) is 6.96. The highest BCUT2D eigenvalue weighted by molar-refractivity contribution is 7.91.